The van der Waals surface area contributed by atoms with Gasteiger partial charge in [-0.05, 0) is 18.6 Å². The van der Waals surface area contributed by atoms with Crippen LogP contribution < -0.4 is 0 Å². The van der Waals surface area contributed by atoms with Crippen molar-refractivity contribution >= 4 is 8.41 Å². The predicted molar refractivity (Wildman–Crippen MR) is 36.9 cm³/mol. The van der Waals surface area contributed by atoms with E-state index >= 15 is 0 Å². The van der Waals surface area contributed by atoms with Gasteiger partial charge in [0, 0.05) is 8.41 Å². The summed E-state index contributed by atoms with van der Waals surface area (Å²) in [6.07, 6.45) is 0. The number of hydrogen-bond acceptors (Lipinski definition) is 0. The molecule has 0 aromatic heterocycles. The van der Waals surface area contributed by atoms with Crippen molar-refractivity contribution in [2.75, 3.05) is 0 Å². The minimum absolute atomic E-state index is 0. The molecule has 0 unspecified atom stereocenters. The first-order valence-corrected chi connectivity index (χ1v) is 2.52. The Labute approximate surface area is 56.3 Å². The van der Waals surface area contributed by atoms with Crippen molar-refractivity contribution in [1.29, 1.82) is 0 Å². The molecule has 0 saturated heterocycles. The molecule has 1 aromatic carbocycles. The normalized spacial score (nSPS) is 8.22. The SMILES string of the molecule is Cc1ccccc1F.[B]. The fourth-order valence-electron chi connectivity index (χ4n) is 0.551. The van der Waals surface area contributed by atoms with Crippen LogP contribution in [0.25, 0.3) is 0 Å². The molecule has 0 amide bonds. The van der Waals surface area contributed by atoms with Crippen LogP contribution in [0.2, 0.25) is 0 Å². The second-order valence-electron chi connectivity index (χ2n) is 1.75. The van der Waals surface area contributed by atoms with E-state index in [1.807, 2.05) is 6.07 Å². The summed E-state index contributed by atoms with van der Waals surface area (Å²) in [6.45, 7) is 1.75. The van der Waals surface area contributed by atoms with Gasteiger partial charge in [-0.2, -0.15) is 0 Å². The quantitative estimate of drug-likeness (QED) is 0.458. The Kier molecular flexibility index (Phi) is 3.00. The topological polar surface area (TPSA) is 0 Å². The first-order chi connectivity index (χ1) is 3.80. The van der Waals surface area contributed by atoms with Crippen LogP contribution in [0.4, 0.5) is 4.39 Å². The van der Waals surface area contributed by atoms with E-state index in [0.717, 1.165) is 0 Å². The van der Waals surface area contributed by atoms with Crippen LogP contribution >= 0.6 is 0 Å². The summed E-state index contributed by atoms with van der Waals surface area (Å²) in [4.78, 5) is 0. The fourth-order valence-corrected chi connectivity index (χ4v) is 0.551. The summed E-state index contributed by atoms with van der Waals surface area (Å²) in [6, 6.07) is 6.70. The zero-order valence-corrected chi connectivity index (χ0v) is 5.26. The average Bonchev–Trinajstić information content (AvgIpc) is 1.77. The van der Waals surface area contributed by atoms with Gasteiger partial charge in [-0.15, -0.1) is 0 Å². The summed E-state index contributed by atoms with van der Waals surface area (Å²) in [5, 5.41) is 0. The first-order valence-electron chi connectivity index (χ1n) is 2.52. The van der Waals surface area contributed by atoms with Gasteiger partial charge in [0.15, 0.2) is 0 Å². The molecule has 2 heteroatoms. The highest BCUT2D eigenvalue weighted by molar-refractivity contribution is 5.75. The third-order valence-corrected chi connectivity index (χ3v) is 1.08. The van der Waals surface area contributed by atoms with Gasteiger partial charge < -0.3 is 0 Å². The Morgan fingerprint density at radius 1 is 1.22 bits per heavy atom. The van der Waals surface area contributed by atoms with Gasteiger partial charge in [0.1, 0.15) is 5.82 Å². The second-order valence-corrected chi connectivity index (χ2v) is 1.75. The lowest BCUT2D eigenvalue weighted by molar-refractivity contribution is 0.618. The van der Waals surface area contributed by atoms with E-state index in [1.165, 1.54) is 6.07 Å². The number of hydrogen-bond donors (Lipinski definition) is 0. The largest absolute Gasteiger partial charge is 0.207 e. The molecule has 0 aliphatic heterocycles. The lowest BCUT2D eigenvalue weighted by Gasteiger charge is -1.89. The molecule has 0 heterocycles. The molecule has 0 spiro atoms. The van der Waals surface area contributed by atoms with Gasteiger partial charge in [0.2, 0.25) is 0 Å². The smallest absolute Gasteiger partial charge is 0.126 e. The van der Waals surface area contributed by atoms with E-state index < -0.39 is 0 Å². The van der Waals surface area contributed by atoms with E-state index in [-0.39, 0.29) is 14.2 Å². The first kappa shape index (κ1) is 8.21. The van der Waals surface area contributed by atoms with Crippen molar-refractivity contribution in [3.05, 3.63) is 35.6 Å². The lowest BCUT2D eigenvalue weighted by atomic mass is 10.2. The molecule has 0 saturated carbocycles. The molecule has 3 radical (unpaired) electrons. The number of benzene rings is 1. The third-order valence-electron chi connectivity index (χ3n) is 1.08. The maximum atomic E-state index is 12.3. The monoisotopic (exact) mass is 121 g/mol. The predicted octanol–water partition coefficient (Wildman–Crippen LogP) is 1.75. The molecule has 1 aromatic rings. The number of halogens is 1. The average molecular weight is 121 g/mol. The van der Waals surface area contributed by atoms with E-state index in [9.17, 15) is 4.39 Å². The standard InChI is InChI=1S/C7H7F.B/c1-6-4-2-3-5-7(6)8;/h2-5H,1H3;. The van der Waals surface area contributed by atoms with Crippen molar-refractivity contribution in [2.24, 2.45) is 0 Å². The summed E-state index contributed by atoms with van der Waals surface area (Å²) in [5.41, 5.74) is 0.701. The Balaban J connectivity index is 0.000000640. The van der Waals surface area contributed by atoms with Crippen molar-refractivity contribution in [3.8, 4) is 0 Å². The summed E-state index contributed by atoms with van der Waals surface area (Å²) in [7, 11) is 0. The highest BCUT2D eigenvalue weighted by Gasteiger charge is 1.88. The van der Waals surface area contributed by atoms with E-state index in [0.29, 0.717) is 5.56 Å². The highest BCUT2D eigenvalue weighted by atomic mass is 19.1. The molecule has 0 nitrogen and oxygen atoms in total. The maximum absolute atomic E-state index is 12.3. The van der Waals surface area contributed by atoms with Crippen molar-refractivity contribution in [3.63, 3.8) is 0 Å². The van der Waals surface area contributed by atoms with Gasteiger partial charge in [0.05, 0.1) is 0 Å². The molecule has 45 valence electrons. The molecule has 9 heavy (non-hydrogen) atoms. The zero-order chi connectivity index (χ0) is 5.98. The van der Waals surface area contributed by atoms with Crippen molar-refractivity contribution in [2.45, 2.75) is 6.92 Å². The minimum atomic E-state index is -0.132. The van der Waals surface area contributed by atoms with Crippen LogP contribution in [0.5, 0.6) is 0 Å². The van der Waals surface area contributed by atoms with Gasteiger partial charge in [-0.25, -0.2) is 4.39 Å². The molecule has 0 aliphatic rings. The Morgan fingerprint density at radius 3 is 2.11 bits per heavy atom. The van der Waals surface area contributed by atoms with Gasteiger partial charge in [-0.1, -0.05) is 18.2 Å². The van der Waals surface area contributed by atoms with Crippen molar-refractivity contribution < 1.29 is 4.39 Å². The molecule has 1 rings (SSSR count). The van der Waals surface area contributed by atoms with Gasteiger partial charge in [0.25, 0.3) is 0 Å². The maximum Gasteiger partial charge on any atom is 0.126 e. The minimum Gasteiger partial charge on any atom is -0.207 e. The van der Waals surface area contributed by atoms with E-state index in [1.54, 1.807) is 19.1 Å². The molecule has 0 bridgehead atoms. The lowest BCUT2D eigenvalue weighted by Crippen LogP contribution is -1.76. The van der Waals surface area contributed by atoms with E-state index in [2.05, 4.69) is 0 Å². The summed E-state index contributed by atoms with van der Waals surface area (Å²) in [5.74, 6) is -0.132. The third kappa shape index (κ3) is 1.88. The Hall–Kier alpha value is -0.785. The van der Waals surface area contributed by atoms with Gasteiger partial charge >= 0.3 is 0 Å². The van der Waals surface area contributed by atoms with Crippen LogP contribution in [0.1, 0.15) is 5.56 Å². The molecule has 0 atom stereocenters. The number of aryl methyl sites for hydroxylation is 1. The van der Waals surface area contributed by atoms with Crippen LogP contribution in [0.3, 0.4) is 0 Å². The Bertz CT molecular complexity index is 165. The zero-order valence-electron chi connectivity index (χ0n) is 5.26. The van der Waals surface area contributed by atoms with Crippen LogP contribution in [0, 0.1) is 12.7 Å². The molecular weight excluding hydrogens is 114 g/mol. The molecule has 0 N–H and O–H groups in total. The van der Waals surface area contributed by atoms with Crippen LogP contribution in [0.15, 0.2) is 24.3 Å². The molecular formula is C7H7BF. The highest BCUT2D eigenvalue weighted by Crippen LogP contribution is 2.01. The molecule has 0 fully saturated rings. The van der Waals surface area contributed by atoms with Gasteiger partial charge in [-0.3, -0.25) is 0 Å². The van der Waals surface area contributed by atoms with Crippen LogP contribution in [-0.2, 0) is 0 Å². The summed E-state index contributed by atoms with van der Waals surface area (Å²) < 4.78 is 12.3. The fraction of sp³-hybridized carbons (Fsp3) is 0.143. The number of rotatable bonds is 0. The van der Waals surface area contributed by atoms with E-state index in [4.69, 9.17) is 0 Å². The Morgan fingerprint density at radius 2 is 1.78 bits per heavy atom. The second kappa shape index (κ2) is 3.28. The molecule has 0 aliphatic carbocycles. The summed E-state index contributed by atoms with van der Waals surface area (Å²) >= 11 is 0. The van der Waals surface area contributed by atoms with Crippen LogP contribution in [-0.4, -0.2) is 8.41 Å². The van der Waals surface area contributed by atoms with Crippen molar-refractivity contribution in [1.82, 2.24) is 0 Å².